The molecule has 0 fully saturated rings. The average molecular weight is 547 g/mol. The van der Waals surface area contributed by atoms with Crippen LogP contribution in [0.1, 0.15) is 25.1 Å². The molecule has 0 radical (unpaired) electrons. The summed E-state index contributed by atoms with van der Waals surface area (Å²) in [5, 5.41) is 0.748. The largest absolute Gasteiger partial charge is 0.494 e. The number of halogens is 2. The van der Waals surface area contributed by atoms with E-state index in [2.05, 4.69) is 4.98 Å². The first-order chi connectivity index (χ1) is 18.9. The zero-order valence-electron chi connectivity index (χ0n) is 21.8. The van der Waals surface area contributed by atoms with E-state index in [4.69, 9.17) is 14.5 Å². The van der Waals surface area contributed by atoms with Crippen LogP contribution in [0, 0.1) is 11.6 Å². The second-order valence-corrected chi connectivity index (χ2v) is 10.4. The third-order valence-corrected chi connectivity index (χ3v) is 7.47. The molecule has 200 valence electrons. The van der Waals surface area contributed by atoms with E-state index in [9.17, 15) is 8.78 Å². The molecule has 0 aliphatic rings. The van der Waals surface area contributed by atoms with Gasteiger partial charge in [0.2, 0.25) is 0 Å². The van der Waals surface area contributed by atoms with E-state index in [1.807, 2.05) is 59.6 Å². The quantitative estimate of drug-likeness (QED) is 0.142. The number of benzene rings is 3. The lowest BCUT2D eigenvalue weighted by Crippen LogP contribution is -2.23. The molecule has 5 rings (SSSR count). The van der Waals surface area contributed by atoms with E-state index in [-0.39, 0.29) is 11.6 Å². The summed E-state index contributed by atoms with van der Waals surface area (Å²) in [6.45, 7) is 4.56. The summed E-state index contributed by atoms with van der Waals surface area (Å²) in [4.78, 5) is 8.78. The molecule has 2 aromatic heterocycles. The van der Waals surface area contributed by atoms with Crippen molar-refractivity contribution in [3.8, 4) is 22.9 Å². The van der Waals surface area contributed by atoms with Gasteiger partial charge in [-0.05, 0) is 66.2 Å². The predicted molar refractivity (Wildman–Crippen MR) is 148 cm³/mol. The van der Waals surface area contributed by atoms with E-state index in [1.54, 1.807) is 48.6 Å². The number of thioether (sulfide) groups is 1. The van der Waals surface area contributed by atoms with Crippen LogP contribution in [0.2, 0.25) is 0 Å². The molecule has 0 aliphatic carbocycles. The van der Waals surface area contributed by atoms with Gasteiger partial charge in [-0.1, -0.05) is 31.7 Å². The van der Waals surface area contributed by atoms with E-state index in [0.29, 0.717) is 12.4 Å². The summed E-state index contributed by atoms with van der Waals surface area (Å²) in [6, 6.07) is 19.0. The number of rotatable bonds is 10. The van der Waals surface area contributed by atoms with E-state index >= 15 is 0 Å². The van der Waals surface area contributed by atoms with Gasteiger partial charge in [-0.25, -0.2) is 18.7 Å². The summed E-state index contributed by atoms with van der Waals surface area (Å²) in [7, 11) is 1.45. The minimum atomic E-state index is -0.561. The van der Waals surface area contributed by atoms with Crippen LogP contribution in [0.5, 0.6) is 11.5 Å². The Hall–Kier alpha value is -4.11. The Morgan fingerprint density at radius 1 is 0.949 bits per heavy atom. The maximum atomic E-state index is 14.1. The van der Waals surface area contributed by atoms with Gasteiger partial charge in [0, 0.05) is 34.9 Å². The third-order valence-electron chi connectivity index (χ3n) is 6.55. The lowest BCUT2D eigenvalue weighted by molar-refractivity contribution is 0.344. The second kappa shape index (κ2) is 11.3. The minimum absolute atomic E-state index is 0.179. The van der Waals surface area contributed by atoms with Crippen molar-refractivity contribution in [3.63, 3.8) is 0 Å². The van der Waals surface area contributed by atoms with Crippen LogP contribution >= 0.6 is 11.8 Å². The van der Waals surface area contributed by atoms with Crippen LogP contribution in [0.15, 0.2) is 96.8 Å². The minimum Gasteiger partial charge on any atom is -0.494 e. The molecule has 6 nitrogen and oxygen atoms in total. The molecule has 0 saturated heterocycles. The van der Waals surface area contributed by atoms with Gasteiger partial charge in [0.25, 0.3) is 0 Å². The molecule has 5 aromatic rings. The molecule has 0 N–H and O–H groups in total. The summed E-state index contributed by atoms with van der Waals surface area (Å²) < 4.78 is 43.0. The standard InChI is InChI=1S/C30H28F2N4O2S/c1-30(2,21-4-13-26(32)27(18-21)37-3)28-19-34-29(36(28)24-7-5-22(31)6-8-24)39-17-16-38-25-11-9-23(10-12-25)35-15-14-33-20-35/h4-15,18-20H,16-17H2,1-3H3. The van der Waals surface area contributed by atoms with Crippen LogP contribution in [0.3, 0.4) is 0 Å². The molecule has 0 saturated carbocycles. The SMILES string of the molecule is COc1cc(C(C)(C)c2cnc(SCCOc3ccc(-n4ccnc4)cc3)n2-c2ccc(F)cc2)ccc1F. The molecule has 0 unspecified atom stereocenters. The van der Waals surface area contributed by atoms with Crippen molar-refractivity contribution in [1.29, 1.82) is 0 Å². The van der Waals surface area contributed by atoms with Gasteiger partial charge >= 0.3 is 0 Å². The molecule has 3 aromatic carbocycles. The molecule has 0 aliphatic heterocycles. The molecule has 39 heavy (non-hydrogen) atoms. The van der Waals surface area contributed by atoms with Crippen molar-refractivity contribution >= 4 is 11.8 Å². The Morgan fingerprint density at radius 2 is 1.69 bits per heavy atom. The molecule has 2 heterocycles. The van der Waals surface area contributed by atoms with Crippen molar-refractivity contribution in [2.75, 3.05) is 19.5 Å². The highest BCUT2D eigenvalue weighted by Gasteiger charge is 2.30. The Morgan fingerprint density at radius 3 is 2.38 bits per heavy atom. The number of aromatic nitrogens is 4. The van der Waals surface area contributed by atoms with Crippen LogP contribution in [0.4, 0.5) is 8.78 Å². The van der Waals surface area contributed by atoms with E-state index in [0.717, 1.165) is 33.5 Å². The highest BCUT2D eigenvalue weighted by Crippen LogP contribution is 2.37. The first kappa shape index (κ1) is 26.5. The fraction of sp³-hybridized carbons (Fsp3) is 0.200. The fourth-order valence-corrected chi connectivity index (χ4v) is 5.14. The predicted octanol–water partition coefficient (Wildman–Crippen LogP) is 6.84. The van der Waals surface area contributed by atoms with E-state index < -0.39 is 11.2 Å². The number of methoxy groups -OCH3 is 1. The Kier molecular flexibility index (Phi) is 7.70. The van der Waals surface area contributed by atoms with Crippen LogP contribution < -0.4 is 9.47 Å². The Labute approximate surface area is 230 Å². The van der Waals surface area contributed by atoms with E-state index in [1.165, 1.54) is 25.3 Å². The van der Waals surface area contributed by atoms with Crippen molar-refractivity contribution in [2.45, 2.75) is 24.4 Å². The summed E-state index contributed by atoms with van der Waals surface area (Å²) in [5.41, 5.74) is 2.97. The third kappa shape index (κ3) is 5.68. The summed E-state index contributed by atoms with van der Waals surface area (Å²) in [5.74, 6) is 0.860. The smallest absolute Gasteiger partial charge is 0.172 e. The average Bonchev–Trinajstić information content (AvgIpc) is 3.63. The highest BCUT2D eigenvalue weighted by molar-refractivity contribution is 7.99. The zero-order chi connectivity index (χ0) is 27.4. The Bertz CT molecular complexity index is 1530. The topological polar surface area (TPSA) is 54.1 Å². The first-order valence-electron chi connectivity index (χ1n) is 12.4. The van der Waals surface area contributed by atoms with Gasteiger partial charge in [0.05, 0.1) is 31.9 Å². The molecule has 0 amide bonds. The lowest BCUT2D eigenvalue weighted by atomic mass is 9.81. The lowest BCUT2D eigenvalue weighted by Gasteiger charge is -2.28. The fourth-order valence-electron chi connectivity index (χ4n) is 4.33. The number of nitrogens with zero attached hydrogens (tertiary/aromatic N) is 4. The van der Waals surface area contributed by atoms with Crippen LogP contribution in [-0.4, -0.2) is 38.6 Å². The second-order valence-electron chi connectivity index (χ2n) is 9.37. The molecular weight excluding hydrogens is 518 g/mol. The van der Waals surface area contributed by atoms with Gasteiger partial charge in [-0.2, -0.15) is 0 Å². The maximum absolute atomic E-state index is 14.1. The molecular formula is C30H28F2N4O2S. The molecule has 0 spiro atoms. The van der Waals surface area contributed by atoms with Crippen LogP contribution in [0.25, 0.3) is 11.4 Å². The van der Waals surface area contributed by atoms with Gasteiger partial charge in [0.15, 0.2) is 16.7 Å². The zero-order valence-corrected chi connectivity index (χ0v) is 22.7. The molecule has 0 bridgehead atoms. The van der Waals surface area contributed by atoms with Crippen LogP contribution in [-0.2, 0) is 5.41 Å². The summed E-state index contributed by atoms with van der Waals surface area (Å²) >= 11 is 1.54. The normalized spacial score (nSPS) is 11.5. The maximum Gasteiger partial charge on any atom is 0.172 e. The van der Waals surface area contributed by atoms with Gasteiger partial charge in [0.1, 0.15) is 11.6 Å². The first-order valence-corrected chi connectivity index (χ1v) is 13.4. The van der Waals surface area contributed by atoms with Crippen molar-refractivity contribution in [2.24, 2.45) is 0 Å². The van der Waals surface area contributed by atoms with Gasteiger partial charge < -0.3 is 14.0 Å². The highest BCUT2D eigenvalue weighted by atomic mass is 32.2. The summed E-state index contributed by atoms with van der Waals surface area (Å²) in [6.07, 6.45) is 7.19. The van der Waals surface area contributed by atoms with Crippen molar-refractivity contribution < 1.29 is 18.3 Å². The van der Waals surface area contributed by atoms with Crippen molar-refractivity contribution in [3.05, 3.63) is 115 Å². The number of hydrogen-bond donors (Lipinski definition) is 0. The van der Waals surface area contributed by atoms with Gasteiger partial charge in [-0.3, -0.25) is 4.57 Å². The molecule has 0 atom stereocenters. The number of hydrogen-bond acceptors (Lipinski definition) is 5. The monoisotopic (exact) mass is 546 g/mol. The Balaban J connectivity index is 1.36. The molecule has 9 heteroatoms. The van der Waals surface area contributed by atoms with Crippen molar-refractivity contribution in [1.82, 2.24) is 19.1 Å². The number of imidazole rings is 2. The number of ether oxygens (including phenoxy) is 2. The van der Waals surface area contributed by atoms with Gasteiger partial charge in [-0.15, -0.1) is 0 Å².